The van der Waals surface area contributed by atoms with Crippen LogP contribution in [0.4, 0.5) is 0 Å². The van der Waals surface area contributed by atoms with Crippen molar-refractivity contribution in [2.45, 2.75) is 31.4 Å². The summed E-state index contributed by atoms with van der Waals surface area (Å²) in [4.78, 5) is 16.7. The van der Waals surface area contributed by atoms with Gasteiger partial charge in [0.25, 0.3) is 0 Å². The quantitative estimate of drug-likeness (QED) is 0.888. The van der Waals surface area contributed by atoms with Crippen molar-refractivity contribution in [2.24, 2.45) is 0 Å². The number of pyridine rings is 1. The SMILES string of the molecule is O=C(NCc1ccc(Cl)cc1Cl)[C@@H]1CC[C@H](O)c2ncccc21. The van der Waals surface area contributed by atoms with E-state index in [-0.39, 0.29) is 11.8 Å². The number of aromatic nitrogens is 1. The first-order valence-corrected chi connectivity index (χ1v) is 8.16. The molecule has 1 amide bonds. The number of aliphatic hydroxyl groups is 1. The molecule has 0 spiro atoms. The number of amides is 1. The van der Waals surface area contributed by atoms with E-state index >= 15 is 0 Å². The molecule has 3 rings (SSSR count). The Labute approximate surface area is 144 Å². The first-order valence-electron chi connectivity index (χ1n) is 7.41. The lowest BCUT2D eigenvalue weighted by Gasteiger charge is -2.27. The number of rotatable bonds is 3. The van der Waals surface area contributed by atoms with Crippen LogP contribution in [-0.4, -0.2) is 16.0 Å². The van der Waals surface area contributed by atoms with Gasteiger partial charge in [0.15, 0.2) is 0 Å². The normalized spacial score (nSPS) is 20.0. The molecule has 2 atom stereocenters. The summed E-state index contributed by atoms with van der Waals surface area (Å²) < 4.78 is 0. The first-order chi connectivity index (χ1) is 11.1. The molecule has 0 saturated carbocycles. The van der Waals surface area contributed by atoms with E-state index in [4.69, 9.17) is 23.2 Å². The fourth-order valence-electron chi connectivity index (χ4n) is 2.86. The lowest BCUT2D eigenvalue weighted by Crippen LogP contribution is -2.32. The number of hydrogen-bond acceptors (Lipinski definition) is 3. The molecule has 0 aliphatic heterocycles. The van der Waals surface area contributed by atoms with Crippen molar-refractivity contribution in [1.82, 2.24) is 10.3 Å². The van der Waals surface area contributed by atoms with Crippen molar-refractivity contribution in [3.63, 3.8) is 0 Å². The Balaban J connectivity index is 1.73. The molecule has 23 heavy (non-hydrogen) atoms. The summed E-state index contributed by atoms with van der Waals surface area (Å²) in [6.07, 6.45) is 2.17. The van der Waals surface area contributed by atoms with Gasteiger partial charge in [-0.15, -0.1) is 0 Å². The zero-order valence-corrected chi connectivity index (χ0v) is 13.8. The van der Waals surface area contributed by atoms with Gasteiger partial charge < -0.3 is 10.4 Å². The average molecular weight is 351 g/mol. The molecule has 120 valence electrons. The second-order valence-electron chi connectivity index (χ2n) is 5.58. The topological polar surface area (TPSA) is 62.2 Å². The van der Waals surface area contributed by atoms with Crippen LogP contribution >= 0.6 is 23.2 Å². The molecule has 0 saturated heterocycles. The second kappa shape index (κ2) is 6.87. The molecule has 0 radical (unpaired) electrons. The summed E-state index contributed by atoms with van der Waals surface area (Å²) in [5, 5.41) is 14.0. The molecule has 1 aromatic carbocycles. The maximum absolute atomic E-state index is 12.5. The second-order valence-corrected chi connectivity index (χ2v) is 6.42. The van der Waals surface area contributed by atoms with Crippen molar-refractivity contribution in [3.05, 3.63) is 63.4 Å². The third-order valence-electron chi connectivity index (χ3n) is 4.08. The highest BCUT2D eigenvalue weighted by Crippen LogP contribution is 2.36. The molecule has 1 aliphatic carbocycles. The number of halogens is 2. The van der Waals surface area contributed by atoms with Crippen LogP contribution in [0.2, 0.25) is 10.0 Å². The smallest absolute Gasteiger partial charge is 0.227 e. The number of fused-ring (bicyclic) bond motifs is 1. The van der Waals surface area contributed by atoms with Crippen LogP contribution in [-0.2, 0) is 11.3 Å². The van der Waals surface area contributed by atoms with E-state index in [1.54, 1.807) is 30.5 Å². The number of carbonyl (C=O) groups excluding carboxylic acids is 1. The third kappa shape index (κ3) is 3.50. The molecule has 2 N–H and O–H groups in total. The van der Waals surface area contributed by atoms with Gasteiger partial charge in [0.1, 0.15) is 0 Å². The van der Waals surface area contributed by atoms with Crippen molar-refractivity contribution in [1.29, 1.82) is 0 Å². The van der Waals surface area contributed by atoms with E-state index in [1.165, 1.54) is 0 Å². The molecular weight excluding hydrogens is 335 g/mol. The molecule has 1 aliphatic rings. The number of benzene rings is 1. The van der Waals surface area contributed by atoms with E-state index in [0.717, 1.165) is 11.1 Å². The predicted octanol–water partition coefficient (Wildman–Crippen LogP) is 3.62. The largest absolute Gasteiger partial charge is 0.387 e. The zero-order chi connectivity index (χ0) is 16.4. The first kappa shape index (κ1) is 16.2. The van der Waals surface area contributed by atoms with Crippen molar-refractivity contribution >= 4 is 29.1 Å². The fraction of sp³-hybridized carbons (Fsp3) is 0.294. The van der Waals surface area contributed by atoms with Gasteiger partial charge >= 0.3 is 0 Å². The summed E-state index contributed by atoms with van der Waals surface area (Å²) in [5.41, 5.74) is 2.21. The Morgan fingerprint density at radius 1 is 1.30 bits per heavy atom. The van der Waals surface area contributed by atoms with E-state index in [2.05, 4.69) is 10.3 Å². The summed E-state index contributed by atoms with van der Waals surface area (Å²) in [7, 11) is 0. The molecule has 1 aromatic heterocycles. The molecule has 1 heterocycles. The molecule has 6 heteroatoms. The van der Waals surface area contributed by atoms with E-state index in [1.807, 2.05) is 6.07 Å². The Morgan fingerprint density at radius 2 is 2.13 bits per heavy atom. The average Bonchev–Trinajstić information content (AvgIpc) is 2.54. The Kier molecular flexibility index (Phi) is 4.85. The Bertz CT molecular complexity index is 736. The van der Waals surface area contributed by atoms with E-state index in [9.17, 15) is 9.90 Å². The minimum absolute atomic E-state index is 0.0860. The highest BCUT2D eigenvalue weighted by molar-refractivity contribution is 6.35. The van der Waals surface area contributed by atoms with Crippen molar-refractivity contribution < 1.29 is 9.90 Å². The monoisotopic (exact) mass is 350 g/mol. The van der Waals surface area contributed by atoms with Crippen LogP contribution in [0.3, 0.4) is 0 Å². The van der Waals surface area contributed by atoms with Crippen molar-refractivity contribution in [2.75, 3.05) is 0 Å². The minimum atomic E-state index is -0.596. The van der Waals surface area contributed by atoms with Gasteiger partial charge in [-0.05, 0) is 42.2 Å². The van der Waals surface area contributed by atoms with Gasteiger partial charge in [-0.2, -0.15) is 0 Å². The van der Waals surface area contributed by atoms with Gasteiger partial charge in [-0.1, -0.05) is 35.3 Å². The summed E-state index contributed by atoms with van der Waals surface area (Å²) in [5.74, 6) is -0.384. The maximum Gasteiger partial charge on any atom is 0.227 e. The maximum atomic E-state index is 12.5. The van der Waals surface area contributed by atoms with Gasteiger partial charge in [0.2, 0.25) is 5.91 Å². The number of hydrogen-bond donors (Lipinski definition) is 2. The molecule has 0 bridgehead atoms. The summed E-state index contributed by atoms with van der Waals surface area (Å²) >= 11 is 12.0. The van der Waals surface area contributed by atoms with Gasteiger partial charge in [-0.3, -0.25) is 9.78 Å². The molecule has 0 fully saturated rings. The van der Waals surface area contributed by atoms with Crippen LogP contribution in [0.1, 0.15) is 41.7 Å². The summed E-state index contributed by atoms with van der Waals surface area (Å²) in [6.45, 7) is 0.337. The number of aliphatic hydroxyl groups excluding tert-OH is 1. The van der Waals surface area contributed by atoms with Crippen LogP contribution in [0.5, 0.6) is 0 Å². The van der Waals surface area contributed by atoms with E-state index < -0.39 is 6.10 Å². The molecule has 2 aromatic rings. The molecular formula is C17H16Cl2N2O2. The van der Waals surface area contributed by atoms with Gasteiger partial charge in [-0.25, -0.2) is 0 Å². The van der Waals surface area contributed by atoms with E-state index in [0.29, 0.717) is 35.1 Å². The standard InChI is InChI=1S/C17H16Cl2N2O2/c18-11-4-3-10(14(19)8-11)9-21-17(23)13-5-6-15(22)16-12(13)2-1-7-20-16/h1-4,7-8,13,15,22H,5-6,9H2,(H,21,23)/t13-,15+/m1/s1. The van der Waals surface area contributed by atoms with Crippen LogP contribution in [0, 0.1) is 0 Å². The highest BCUT2D eigenvalue weighted by Gasteiger charge is 2.31. The number of nitrogens with zero attached hydrogens (tertiary/aromatic N) is 1. The predicted molar refractivity (Wildman–Crippen MR) is 89.5 cm³/mol. The fourth-order valence-corrected chi connectivity index (χ4v) is 3.34. The Hall–Kier alpha value is -1.62. The minimum Gasteiger partial charge on any atom is -0.387 e. The molecule has 4 nitrogen and oxygen atoms in total. The molecule has 0 unspecified atom stereocenters. The lowest BCUT2D eigenvalue weighted by molar-refractivity contribution is -0.123. The van der Waals surface area contributed by atoms with Crippen molar-refractivity contribution in [3.8, 4) is 0 Å². The van der Waals surface area contributed by atoms with Gasteiger partial charge in [0, 0.05) is 22.8 Å². The van der Waals surface area contributed by atoms with Crippen LogP contribution < -0.4 is 5.32 Å². The lowest BCUT2D eigenvalue weighted by atomic mass is 9.83. The number of nitrogens with one attached hydrogen (secondary N) is 1. The third-order valence-corrected chi connectivity index (χ3v) is 4.66. The number of carbonyl (C=O) groups is 1. The van der Waals surface area contributed by atoms with Gasteiger partial charge in [0.05, 0.1) is 17.7 Å². The Morgan fingerprint density at radius 3 is 2.91 bits per heavy atom. The summed E-state index contributed by atoms with van der Waals surface area (Å²) in [6, 6.07) is 8.83. The zero-order valence-electron chi connectivity index (χ0n) is 12.3. The van der Waals surface area contributed by atoms with Crippen LogP contribution in [0.25, 0.3) is 0 Å². The van der Waals surface area contributed by atoms with Crippen LogP contribution in [0.15, 0.2) is 36.5 Å². The highest BCUT2D eigenvalue weighted by atomic mass is 35.5.